The zero-order valence-electron chi connectivity index (χ0n) is 25.2. The van der Waals surface area contributed by atoms with Crippen molar-refractivity contribution in [2.75, 3.05) is 31.3 Å². The first-order valence-electron chi connectivity index (χ1n) is 13.9. The van der Waals surface area contributed by atoms with Gasteiger partial charge < -0.3 is 19.7 Å². The van der Waals surface area contributed by atoms with Gasteiger partial charge in [-0.2, -0.15) is 0 Å². The average molecular weight is 596 g/mol. The number of carbonyl (C=O) groups is 2. The Hall–Kier alpha value is -4.05. The van der Waals surface area contributed by atoms with E-state index >= 15 is 0 Å². The third-order valence-electron chi connectivity index (χ3n) is 7.08. The molecule has 0 unspecified atom stereocenters. The highest BCUT2D eigenvalue weighted by atomic mass is 32.2. The molecule has 0 saturated heterocycles. The van der Waals surface area contributed by atoms with Crippen LogP contribution in [0, 0.1) is 6.92 Å². The molecule has 3 aromatic rings. The maximum atomic E-state index is 14.2. The number of carbonyl (C=O) groups excluding carboxylic acids is 2. The summed E-state index contributed by atoms with van der Waals surface area (Å²) < 4.78 is 37.9. The first-order valence-corrected chi connectivity index (χ1v) is 15.7. The van der Waals surface area contributed by atoms with Crippen LogP contribution in [-0.2, 0) is 32.6 Å². The van der Waals surface area contributed by atoms with Crippen LogP contribution in [0.3, 0.4) is 0 Å². The van der Waals surface area contributed by atoms with Gasteiger partial charge in [-0.05, 0) is 43.5 Å². The summed E-state index contributed by atoms with van der Waals surface area (Å²) in [4.78, 5) is 29.5. The van der Waals surface area contributed by atoms with Gasteiger partial charge in [0.2, 0.25) is 21.8 Å². The second kappa shape index (κ2) is 14.7. The van der Waals surface area contributed by atoms with E-state index in [2.05, 4.69) is 5.32 Å². The number of rotatable bonds is 14. The molecule has 226 valence electrons. The molecule has 2 amide bonds. The summed E-state index contributed by atoms with van der Waals surface area (Å²) in [6.07, 6.45) is 2.01. The quantitative estimate of drug-likeness (QED) is 0.298. The van der Waals surface area contributed by atoms with Gasteiger partial charge in [-0.25, -0.2) is 8.42 Å². The standard InChI is InChI=1S/C32H41N3O6S/c1-7-24(3)33-32(37)29(19-25-11-9-8-10-12-25)34(21-26-15-13-23(2)14-16-26)31(36)22-35(42(6,38)39)28-18-17-27(40-4)20-30(28)41-5/h8-18,20,24,29H,7,19,21-22H2,1-6H3,(H,33,37)/t24-,29+/m0/s1. The van der Waals surface area contributed by atoms with E-state index in [0.717, 1.165) is 33.7 Å². The fourth-order valence-electron chi connectivity index (χ4n) is 4.47. The highest BCUT2D eigenvalue weighted by Gasteiger charge is 2.34. The lowest BCUT2D eigenvalue weighted by Gasteiger charge is -2.34. The molecule has 0 heterocycles. The van der Waals surface area contributed by atoms with Gasteiger partial charge in [0, 0.05) is 25.1 Å². The van der Waals surface area contributed by atoms with Crippen LogP contribution in [0.25, 0.3) is 0 Å². The van der Waals surface area contributed by atoms with Crippen molar-refractivity contribution in [3.63, 3.8) is 0 Å². The minimum Gasteiger partial charge on any atom is -0.497 e. The van der Waals surface area contributed by atoms with E-state index in [1.54, 1.807) is 12.1 Å². The molecule has 0 aliphatic carbocycles. The van der Waals surface area contributed by atoms with E-state index in [0.29, 0.717) is 5.75 Å². The van der Waals surface area contributed by atoms with Gasteiger partial charge in [-0.15, -0.1) is 0 Å². The van der Waals surface area contributed by atoms with Crippen molar-refractivity contribution in [3.8, 4) is 11.5 Å². The Bertz CT molecular complexity index is 1440. The zero-order chi connectivity index (χ0) is 30.9. The lowest BCUT2D eigenvalue weighted by molar-refractivity contribution is -0.140. The largest absolute Gasteiger partial charge is 0.497 e. The molecule has 3 aromatic carbocycles. The smallest absolute Gasteiger partial charge is 0.244 e. The van der Waals surface area contributed by atoms with Crippen LogP contribution in [0.5, 0.6) is 11.5 Å². The van der Waals surface area contributed by atoms with Crippen LogP contribution in [-0.4, -0.2) is 64.2 Å². The molecule has 1 N–H and O–H groups in total. The van der Waals surface area contributed by atoms with E-state index in [9.17, 15) is 18.0 Å². The van der Waals surface area contributed by atoms with Gasteiger partial charge in [0.1, 0.15) is 24.1 Å². The van der Waals surface area contributed by atoms with E-state index in [4.69, 9.17) is 9.47 Å². The molecule has 42 heavy (non-hydrogen) atoms. The van der Waals surface area contributed by atoms with Crippen molar-refractivity contribution in [2.24, 2.45) is 0 Å². The summed E-state index contributed by atoms with van der Waals surface area (Å²) in [5, 5.41) is 3.03. The van der Waals surface area contributed by atoms with Crippen molar-refractivity contribution in [3.05, 3.63) is 89.5 Å². The van der Waals surface area contributed by atoms with Crippen molar-refractivity contribution in [1.29, 1.82) is 0 Å². The minimum absolute atomic E-state index is 0.108. The maximum absolute atomic E-state index is 14.2. The van der Waals surface area contributed by atoms with Crippen LogP contribution in [0.15, 0.2) is 72.8 Å². The summed E-state index contributed by atoms with van der Waals surface area (Å²) in [6.45, 7) is 5.43. The summed E-state index contributed by atoms with van der Waals surface area (Å²) >= 11 is 0. The van der Waals surface area contributed by atoms with Gasteiger partial charge in [-0.3, -0.25) is 13.9 Å². The van der Waals surface area contributed by atoms with E-state index in [-0.39, 0.29) is 36.4 Å². The van der Waals surface area contributed by atoms with E-state index in [1.807, 2.05) is 75.4 Å². The Morgan fingerprint density at radius 1 is 0.929 bits per heavy atom. The molecule has 0 bridgehead atoms. The number of benzene rings is 3. The minimum atomic E-state index is -3.94. The van der Waals surface area contributed by atoms with Gasteiger partial charge in [-0.1, -0.05) is 67.1 Å². The highest BCUT2D eigenvalue weighted by molar-refractivity contribution is 7.92. The second-order valence-corrected chi connectivity index (χ2v) is 12.2. The molecule has 0 radical (unpaired) electrons. The number of hydrogen-bond donors (Lipinski definition) is 1. The van der Waals surface area contributed by atoms with Gasteiger partial charge >= 0.3 is 0 Å². The first kappa shape index (κ1) is 32.5. The number of sulfonamides is 1. The highest BCUT2D eigenvalue weighted by Crippen LogP contribution is 2.33. The van der Waals surface area contributed by atoms with E-state index < -0.39 is 28.5 Å². The predicted octanol–water partition coefficient (Wildman–Crippen LogP) is 4.33. The predicted molar refractivity (Wildman–Crippen MR) is 165 cm³/mol. The molecular weight excluding hydrogens is 554 g/mol. The number of anilines is 1. The first-order chi connectivity index (χ1) is 20.0. The second-order valence-electron chi connectivity index (χ2n) is 10.3. The van der Waals surface area contributed by atoms with Crippen molar-refractivity contribution >= 4 is 27.5 Å². The molecule has 10 heteroatoms. The Labute approximate surface area is 249 Å². The molecule has 0 spiro atoms. The molecule has 0 saturated carbocycles. The molecular formula is C32H41N3O6S. The van der Waals surface area contributed by atoms with Crippen molar-refractivity contribution in [2.45, 2.75) is 52.2 Å². The Morgan fingerprint density at radius 3 is 2.17 bits per heavy atom. The summed E-state index contributed by atoms with van der Waals surface area (Å²) in [7, 11) is -1.03. The topological polar surface area (TPSA) is 105 Å². The molecule has 3 rings (SSSR count). The van der Waals surface area contributed by atoms with Crippen LogP contribution in [0.4, 0.5) is 5.69 Å². The zero-order valence-corrected chi connectivity index (χ0v) is 26.0. The monoisotopic (exact) mass is 595 g/mol. The number of aryl methyl sites for hydroxylation is 1. The number of methoxy groups -OCH3 is 2. The molecule has 2 atom stereocenters. The van der Waals surface area contributed by atoms with Crippen LogP contribution >= 0.6 is 0 Å². The molecule has 0 aliphatic rings. The van der Waals surface area contributed by atoms with Crippen molar-refractivity contribution in [1.82, 2.24) is 10.2 Å². The van der Waals surface area contributed by atoms with E-state index in [1.165, 1.54) is 25.2 Å². The fourth-order valence-corrected chi connectivity index (χ4v) is 5.32. The van der Waals surface area contributed by atoms with Crippen molar-refractivity contribution < 1.29 is 27.5 Å². The fraction of sp³-hybridized carbons (Fsp3) is 0.375. The molecule has 9 nitrogen and oxygen atoms in total. The Morgan fingerprint density at radius 2 is 1.60 bits per heavy atom. The van der Waals surface area contributed by atoms with Crippen LogP contribution < -0.4 is 19.1 Å². The molecule has 0 aliphatic heterocycles. The lowest BCUT2D eigenvalue weighted by atomic mass is 10.0. The molecule has 0 fully saturated rings. The Balaban J connectivity index is 2.09. The number of amides is 2. The SMILES string of the molecule is CC[C@H](C)NC(=O)[C@@H](Cc1ccccc1)N(Cc1ccc(C)cc1)C(=O)CN(c1ccc(OC)cc1OC)S(C)(=O)=O. The lowest BCUT2D eigenvalue weighted by Crippen LogP contribution is -2.54. The average Bonchev–Trinajstić information content (AvgIpc) is 2.98. The number of nitrogens with one attached hydrogen (secondary N) is 1. The van der Waals surface area contributed by atoms with Gasteiger partial charge in [0.25, 0.3) is 0 Å². The van der Waals surface area contributed by atoms with Crippen LogP contribution in [0.1, 0.15) is 37.0 Å². The third kappa shape index (κ3) is 8.72. The summed E-state index contributed by atoms with van der Waals surface area (Å²) in [5.41, 5.74) is 2.94. The Kier molecular flexibility index (Phi) is 11.4. The third-order valence-corrected chi connectivity index (χ3v) is 8.21. The maximum Gasteiger partial charge on any atom is 0.244 e. The summed E-state index contributed by atoms with van der Waals surface area (Å²) in [6, 6.07) is 20.8. The summed E-state index contributed by atoms with van der Waals surface area (Å²) in [5.74, 6) is -0.130. The van der Waals surface area contributed by atoms with Gasteiger partial charge in [0.05, 0.1) is 26.2 Å². The van der Waals surface area contributed by atoms with Crippen LogP contribution in [0.2, 0.25) is 0 Å². The number of hydrogen-bond acceptors (Lipinski definition) is 6. The normalized spacial score (nSPS) is 12.6. The number of ether oxygens (including phenoxy) is 2. The molecule has 0 aromatic heterocycles. The van der Waals surface area contributed by atoms with Gasteiger partial charge in [0.15, 0.2) is 0 Å². The number of nitrogens with zero attached hydrogens (tertiary/aromatic N) is 2.